The van der Waals surface area contributed by atoms with E-state index in [1.165, 1.54) is 6.42 Å². The predicted molar refractivity (Wildman–Crippen MR) is 71.3 cm³/mol. The smallest absolute Gasteiger partial charge is 0.304 e. The van der Waals surface area contributed by atoms with Gasteiger partial charge in [0.1, 0.15) is 0 Å². The maximum Gasteiger partial charge on any atom is 0.304 e. The Morgan fingerprint density at radius 1 is 1.47 bits per heavy atom. The fourth-order valence-corrected chi connectivity index (χ4v) is 2.12. The Morgan fingerprint density at radius 2 is 2.06 bits per heavy atom. The molecule has 102 valence electrons. The van der Waals surface area contributed by atoms with E-state index in [4.69, 9.17) is 5.11 Å². The van der Waals surface area contributed by atoms with Crippen LogP contribution in [-0.2, 0) is 4.79 Å². The third-order valence-corrected chi connectivity index (χ3v) is 2.91. The molecule has 0 amide bonds. The van der Waals surface area contributed by atoms with Gasteiger partial charge in [0.05, 0.1) is 6.42 Å². The van der Waals surface area contributed by atoms with Gasteiger partial charge in [0, 0.05) is 25.7 Å². The molecule has 1 aliphatic rings. The molecule has 17 heavy (non-hydrogen) atoms. The summed E-state index contributed by atoms with van der Waals surface area (Å²) in [5.74, 6) is -0.721. The minimum Gasteiger partial charge on any atom is -0.481 e. The third kappa shape index (κ3) is 7.34. The van der Waals surface area contributed by atoms with Crippen LogP contribution in [0.1, 0.15) is 40.5 Å². The number of rotatable bonds is 5. The molecule has 1 fully saturated rings. The van der Waals surface area contributed by atoms with E-state index in [1.807, 2.05) is 20.9 Å². The van der Waals surface area contributed by atoms with Crippen molar-refractivity contribution < 1.29 is 9.90 Å². The molecule has 0 aliphatic carbocycles. The third-order valence-electron chi connectivity index (χ3n) is 2.91. The summed E-state index contributed by atoms with van der Waals surface area (Å²) >= 11 is 0. The van der Waals surface area contributed by atoms with Crippen molar-refractivity contribution in [3.8, 4) is 0 Å². The van der Waals surface area contributed by atoms with Crippen molar-refractivity contribution in [2.24, 2.45) is 5.41 Å². The van der Waals surface area contributed by atoms with Gasteiger partial charge in [-0.05, 0) is 18.9 Å². The Kier molecular flexibility index (Phi) is 7.39. The van der Waals surface area contributed by atoms with Crippen molar-refractivity contribution in [2.45, 2.75) is 46.6 Å². The summed E-state index contributed by atoms with van der Waals surface area (Å²) in [5.41, 5.74) is 0.387. The average Bonchev–Trinajstić information content (AvgIpc) is 2.58. The van der Waals surface area contributed by atoms with Crippen LogP contribution in [0.15, 0.2) is 0 Å². The fourth-order valence-electron chi connectivity index (χ4n) is 2.12. The molecular formula is C13H28N2O2. The monoisotopic (exact) mass is 244 g/mol. The Labute approximate surface area is 105 Å². The van der Waals surface area contributed by atoms with E-state index in [0.717, 1.165) is 13.1 Å². The lowest BCUT2D eigenvalue weighted by atomic mass is 9.90. The van der Waals surface area contributed by atoms with E-state index in [9.17, 15) is 4.79 Å². The number of nitrogens with zero attached hydrogens (tertiary/aromatic N) is 1. The zero-order chi connectivity index (χ0) is 13.5. The second-order valence-electron chi connectivity index (χ2n) is 5.35. The van der Waals surface area contributed by atoms with Gasteiger partial charge in [0.15, 0.2) is 0 Å². The van der Waals surface area contributed by atoms with Crippen molar-refractivity contribution in [3.05, 3.63) is 0 Å². The standard InChI is InChI=1S/C11H22N2O2.C2H6/c1-11(2)6-9(12-8-11)7-13(3)5-4-10(14)15;1-2/h9,12H,4-8H2,1-3H3,(H,14,15);1-2H3. The number of carboxylic acid groups (broad SMARTS) is 1. The maximum atomic E-state index is 10.4. The van der Waals surface area contributed by atoms with Crippen LogP contribution >= 0.6 is 0 Å². The number of carboxylic acids is 1. The molecule has 4 nitrogen and oxygen atoms in total. The molecule has 0 saturated carbocycles. The van der Waals surface area contributed by atoms with Crippen molar-refractivity contribution in [1.29, 1.82) is 0 Å². The highest BCUT2D eigenvalue weighted by atomic mass is 16.4. The number of nitrogens with one attached hydrogen (secondary N) is 1. The van der Waals surface area contributed by atoms with Crippen LogP contribution < -0.4 is 5.32 Å². The lowest BCUT2D eigenvalue weighted by Gasteiger charge is -2.21. The van der Waals surface area contributed by atoms with E-state index in [2.05, 4.69) is 24.1 Å². The molecule has 2 N–H and O–H groups in total. The lowest BCUT2D eigenvalue weighted by Crippen LogP contribution is -2.36. The van der Waals surface area contributed by atoms with Gasteiger partial charge in [0.25, 0.3) is 0 Å². The quantitative estimate of drug-likeness (QED) is 0.774. The van der Waals surface area contributed by atoms with Crippen LogP contribution in [0.5, 0.6) is 0 Å². The molecule has 1 atom stereocenters. The SMILES string of the molecule is CC.CN(CCC(=O)O)CC1CC(C)(C)CN1. The summed E-state index contributed by atoms with van der Waals surface area (Å²) in [6.45, 7) is 11.2. The minimum atomic E-state index is -0.721. The highest BCUT2D eigenvalue weighted by Crippen LogP contribution is 2.27. The molecule has 0 aromatic rings. The molecule has 1 unspecified atom stereocenters. The Bertz CT molecular complexity index is 229. The van der Waals surface area contributed by atoms with Crippen LogP contribution in [-0.4, -0.2) is 48.7 Å². The molecule has 0 aromatic heterocycles. The number of aliphatic carboxylic acids is 1. The van der Waals surface area contributed by atoms with Crippen LogP contribution in [0.2, 0.25) is 0 Å². The van der Waals surface area contributed by atoms with Gasteiger partial charge in [-0.15, -0.1) is 0 Å². The summed E-state index contributed by atoms with van der Waals surface area (Å²) in [5, 5.41) is 12.0. The molecule has 0 spiro atoms. The van der Waals surface area contributed by atoms with Crippen molar-refractivity contribution in [3.63, 3.8) is 0 Å². The van der Waals surface area contributed by atoms with Crippen molar-refractivity contribution in [2.75, 3.05) is 26.7 Å². The Hall–Kier alpha value is -0.610. The van der Waals surface area contributed by atoms with Gasteiger partial charge >= 0.3 is 5.97 Å². The minimum absolute atomic E-state index is 0.229. The maximum absolute atomic E-state index is 10.4. The molecule has 1 aliphatic heterocycles. The first-order chi connectivity index (χ1) is 7.89. The van der Waals surface area contributed by atoms with Crippen LogP contribution in [0.3, 0.4) is 0 Å². The number of likely N-dealkylation sites (N-methyl/N-ethyl adjacent to an activating group) is 1. The molecule has 1 saturated heterocycles. The van der Waals surface area contributed by atoms with Crippen LogP contribution in [0.25, 0.3) is 0 Å². The lowest BCUT2D eigenvalue weighted by molar-refractivity contribution is -0.137. The zero-order valence-corrected chi connectivity index (χ0v) is 11.9. The largest absolute Gasteiger partial charge is 0.481 e. The Balaban J connectivity index is 0.00000121. The molecule has 4 heteroatoms. The first-order valence-electron chi connectivity index (χ1n) is 6.53. The normalized spacial score (nSPS) is 22.1. The van der Waals surface area contributed by atoms with Gasteiger partial charge in [-0.2, -0.15) is 0 Å². The molecule has 0 bridgehead atoms. The van der Waals surface area contributed by atoms with E-state index in [0.29, 0.717) is 18.0 Å². The molecule has 0 aromatic carbocycles. The topological polar surface area (TPSA) is 52.6 Å². The first kappa shape index (κ1) is 16.4. The zero-order valence-electron chi connectivity index (χ0n) is 11.9. The highest BCUT2D eigenvalue weighted by Gasteiger charge is 2.30. The summed E-state index contributed by atoms with van der Waals surface area (Å²) < 4.78 is 0. The van der Waals surface area contributed by atoms with Gasteiger partial charge in [-0.1, -0.05) is 27.7 Å². The van der Waals surface area contributed by atoms with E-state index < -0.39 is 5.97 Å². The fraction of sp³-hybridized carbons (Fsp3) is 0.923. The highest BCUT2D eigenvalue weighted by molar-refractivity contribution is 5.66. The van der Waals surface area contributed by atoms with Gasteiger partial charge in [-0.25, -0.2) is 0 Å². The summed E-state index contributed by atoms with van der Waals surface area (Å²) in [6, 6.07) is 0.513. The van der Waals surface area contributed by atoms with Crippen molar-refractivity contribution in [1.82, 2.24) is 10.2 Å². The number of hydrogen-bond acceptors (Lipinski definition) is 3. The van der Waals surface area contributed by atoms with E-state index >= 15 is 0 Å². The van der Waals surface area contributed by atoms with Crippen LogP contribution in [0, 0.1) is 5.41 Å². The second-order valence-corrected chi connectivity index (χ2v) is 5.35. The molecular weight excluding hydrogens is 216 g/mol. The van der Waals surface area contributed by atoms with Crippen molar-refractivity contribution >= 4 is 5.97 Å². The average molecular weight is 244 g/mol. The van der Waals surface area contributed by atoms with Gasteiger partial charge < -0.3 is 15.3 Å². The van der Waals surface area contributed by atoms with E-state index in [-0.39, 0.29) is 6.42 Å². The Morgan fingerprint density at radius 3 is 2.47 bits per heavy atom. The number of hydrogen-bond donors (Lipinski definition) is 2. The van der Waals surface area contributed by atoms with Crippen LogP contribution in [0.4, 0.5) is 0 Å². The molecule has 0 radical (unpaired) electrons. The van der Waals surface area contributed by atoms with Gasteiger partial charge in [0.2, 0.25) is 0 Å². The summed E-state index contributed by atoms with van der Waals surface area (Å²) in [7, 11) is 1.98. The predicted octanol–water partition coefficient (Wildman–Crippen LogP) is 1.81. The molecule has 1 heterocycles. The number of carbonyl (C=O) groups is 1. The summed E-state index contributed by atoms with van der Waals surface area (Å²) in [6.07, 6.45) is 1.40. The second kappa shape index (κ2) is 7.67. The molecule has 1 rings (SSSR count). The first-order valence-corrected chi connectivity index (χ1v) is 6.53. The summed E-state index contributed by atoms with van der Waals surface area (Å²) in [4.78, 5) is 12.5. The van der Waals surface area contributed by atoms with Gasteiger partial charge in [-0.3, -0.25) is 4.79 Å². The van der Waals surface area contributed by atoms with E-state index in [1.54, 1.807) is 0 Å².